The summed E-state index contributed by atoms with van der Waals surface area (Å²) in [6.07, 6.45) is 4.45. The summed E-state index contributed by atoms with van der Waals surface area (Å²) in [4.78, 5) is 2.45. The van der Waals surface area contributed by atoms with Crippen LogP contribution in [0.1, 0.15) is 38.2 Å². The molecule has 0 unspecified atom stereocenters. The van der Waals surface area contributed by atoms with Crippen molar-refractivity contribution in [3.63, 3.8) is 0 Å². The van der Waals surface area contributed by atoms with E-state index in [1.54, 1.807) is 0 Å². The van der Waals surface area contributed by atoms with Gasteiger partial charge in [-0.05, 0) is 24.8 Å². The number of β-amino-alcohol motifs (C(OH)–C–C–N with tert-alkyl or cyclic N) is 1. The Hall–Kier alpha value is -0.860. The molecule has 1 heterocycles. The molecule has 1 fully saturated rings. The first-order chi connectivity index (χ1) is 8.29. The van der Waals surface area contributed by atoms with Crippen molar-refractivity contribution in [1.29, 1.82) is 0 Å². The SMILES string of the molecule is CCC[C@@H]1CC[C@@H](O)CN1Cc1ccccc1. The van der Waals surface area contributed by atoms with E-state index in [1.807, 2.05) is 0 Å². The van der Waals surface area contributed by atoms with Crippen molar-refractivity contribution < 1.29 is 5.11 Å². The highest BCUT2D eigenvalue weighted by atomic mass is 16.3. The zero-order valence-corrected chi connectivity index (χ0v) is 10.7. The molecule has 2 atom stereocenters. The molecular formula is C15H23NO. The monoisotopic (exact) mass is 233 g/mol. The second kappa shape index (κ2) is 6.18. The Bertz CT molecular complexity index is 325. The summed E-state index contributed by atoms with van der Waals surface area (Å²) in [5.74, 6) is 0. The van der Waals surface area contributed by atoms with Crippen LogP contribution in [0.4, 0.5) is 0 Å². The molecule has 1 N–H and O–H groups in total. The van der Waals surface area contributed by atoms with E-state index >= 15 is 0 Å². The summed E-state index contributed by atoms with van der Waals surface area (Å²) in [7, 11) is 0. The maximum Gasteiger partial charge on any atom is 0.0668 e. The number of benzene rings is 1. The summed E-state index contributed by atoms with van der Waals surface area (Å²) >= 11 is 0. The number of rotatable bonds is 4. The molecule has 0 radical (unpaired) electrons. The van der Waals surface area contributed by atoms with Gasteiger partial charge in [-0.15, -0.1) is 0 Å². The van der Waals surface area contributed by atoms with Crippen molar-refractivity contribution in [2.24, 2.45) is 0 Å². The van der Waals surface area contributed by atoms with E-state index in [-0.39, 0.29) is 6.10 Å². The molecule has 1 aromatic rings. The van der Waals surface area contributed by atoms with Crippen LogP contribution in [-0.4, -0.2) is 28.7 Å². The fourth-order valence-corrected chi connectivity index (χ4v) is 2.75. The molecule has 2 heteroatoms. The predicted molar refractivity (Wildman–Crippen MR) is 70.8 cm³/mol. The summed E-state index contributed by atoms with van der Waals surface area (Å²) in [5.41, 5.74) is 1.35. The highest BCUT2D eigenvalue weighted by Gasteiger charge is 2.26. The van der Waals surface area contributed by atoms with Crippen molar-refractivity contribution >= 4 is 0 Å². The van der Waals surface area contributed by atoms with Crippen molar-refractivity contribution in [2.75, 3.05) is 6.54 Å². The number of aliphatic hydroxyl groups excluding tert-OH is 1. The fraction of sp³-hybridized carbons (Fsp3) is 0.600. The van der Waals surface area contributed by atoms with Gasteiger partial charge in [0.05, 0.1) is 6.10 Å². The molecule has 0 bridgehead atoms. The van der Waals surface area contributed by atoms with Crippen LogP contribution in [0.2, 0.25) is 0 Å². The standard InChI is InChI=1S/C15H23NO/c1-2-6-14-9-10-15(17)12-16(14)11-13-7-4-3-5-8-13/h3-5,7-8,14-15,17H,2,6,9-12H2,1H3/t14-,15-/m1/s1. The van der Waals surface area contributed by atoms with Gasteiger partial charge < -0.3 is 5.11 Å². The van der Waals surface area contributed by atoms with Crippen LogP contribution in [0.15, 0.2) is 30.3 Å². The summed E-state index contributed by atoms with van der Waals surface area (Å²) < 4.78 is 0. The molecule has 1 aliphatic heterocycles. The first-order valence-electron chi connectivity index (χ1n) is 6.75. The number of hydrogen-bond acceptors (Lipinski definition) is 2. The lowest BCUT2D eigenvalue weighted by molar-refractivity contribution is 0.0272. The van der Waals surface area contributed by atoms with Crippen LogP contribution >= 0.6 is 0 Å². The van der Waals surface area contributed by atoms with Gasteiger partial charge in [-0.1, -0.05) is 43.7 Å². The Morgan fingerprint density at radius 1 is 1.24 bits per heavy atom. The van der Waals surface area contributed by atoms with E-state index in [9.17, 15) is 5.11 Å². The van der Waals surface area contributed by atoms with Gasteiger partial charge in [0, 0.05) is 19.1 Å². The van der Waals surface area contributed by atoms with Gasteiger partial charge in [0.25, 0.3) is 0 Å². The molecule has 0 saturated carbocycles. The van der Waals surface area contributed by atoms with Crippen LogP contribution in [0.5, 0.6) is 0 Å². The van der Waals surface area contributed by atoms with E-state index in [1.165, 1.54) is 18.4 Å². The van der Waals surface area contributed by atoms with Crippen molar-refractivity contribution in [1.82, 2.24) is 4.90 Å². The fourth-order valence-electron chi connectivity index (χ4n) is 2.75. The molecule has 0 amide bonds. The second-order valence-corrected chi connectivity index (χ2v) is 5.09. The third kappa shape index (κ3) is 3.55. The molecular weight excluding hydrogens is 210 g/mol. The van der Waals surface area contributed by atoms with E-state index in [0.717, 1.165) is 25.9 Å². The second-order valence-electron chi connectivity index (χ2n) is 5.09. The number of aliphatic hydroxyl groups is 1. The molecule has 0 aromatic heterocycles. The molecule has 0 spiro atoms. The average Bonchev–Trinajstić information content (AvgIpc) is 2.34. The largest absolute Gasteiger partial charge is 0.392 e. The Kier molecular flexibility index (Phi) is 4.57. The van der Waals surface area contributed by atoms with E-state index in [4.69, 9.17) is 0 Å². The number of piperidine rings is 1. The van der Waals surface area contributed by atoms with Gasteiger partial charge in [-0.25, -0.2) is 0 Å². The molecule has 0 aliphatic carbocycles. The normalized spacial score (nSPS) is 26.0. The summed E-state index contributed by atoms with van der Waals surface area (Å²) in [6, 6.07) is 11.2. The van der Waals surface area contributed by atoms with Gasteiger partial charge in [-0.2, -0.15) is 0 Å². The van der Waals surface area contributed by atoms with Crippen molar-refractivity contribution in [3.05, 3.63) is 35.9 Å². The van der Waals surface area contributed by atoms with Gasteiger partial charge >= 0.3 is 0 Å². The van der Waals surface area contributed by atoms with Crippen LogP contribution in [0, 0.1) is 0 Å². The summed E-state index contributed by atoms with van der Waals surface area (Å²) in [5, 5.41) is 9.80. The molecule has 2 rings (SSSR count). The van der Waals surface area contributed by atoms with Crippen LogP contribution in [-0.2, 0) is 6.54 Å². The van der Waals surface area contributed by atoms with Crippen LogP contribution < -0.4 is 0 Å². The first-order valence-corrected chi connectivity index (χ1v) is 6.75. The predicted octanol–water partition coefficient (Wildman–Crippen LogP) is 2.81. The third-order valence-corrected chi connectivity index (χ3v) is 3.65. The molecule has 2 nitrogen and oxygen atoms in total. The summed E-state index contributed by atoms with van der Waals surface area (Å²) in [6.45, 7) is 4.05. The minimum Gasteiger partial charge on any atom is -0.392 e. The van der Waals surface area contributed by atoms with Crippen molar-refractivity contribution in [2.45, 2.75) is 51.3 Å². The number of hydrogen-bond donors (Lipinski definition) is 1. The van der Waals surface area contributed by atoms with E-state index in [0.29, 0.717) is 6.04 Å². The van der Waals surface area contributed by atoms with Gasteiger partial charge in [-0.3, -0.25) is 4.90 Å². The molecule has 1 saturated heterocycles. The molecule has 94 valence electrons. The Morgan fingerprint density at radius 2 is 2.00 bits per heavy atom. The smallest absolute Gasteiger partial charge is 0.0668 e. The van der Waals surface area contributed by atoms with E-state index in [2.05, 4.69) is 42.2 Å². The molecule has 1 aromatic carbocycles. The molecule has 1 aliphatic rings. The Labute approximate surface area is 104 Å². The lowest BCUT2D eigenvalue weighted by Crippen LogP contribution is -2.44. The van der Waals surface area contributed by atoms with Gasteiger partial charge in [0.2, 0.25) is 0 Å². The topological polar surface area (TPSA) is 23.5 Å². The molecule has 17 heavy (non-hydrogen) atoms. The van der Waals surface area contributed by atoms with Gasteiger partial charge in [0.15, 0.2) is 0 Å². The number of likely N-dealkylation sites (tertiary alicyclic amines) is 1. The number of nitrogens with zero attached hydrogens (tertiary/aromatic N) is 1. The zero-order chi connectivity index (χ0) is 12.1. The average molecular weight is 233 g/mol. The third-order valence-electron chi connectivity index (χ3n) is 3.65. The Balaban J connectivity index is 1.99. The van der Waals surface area contributed by atoms with E-state index < -0.39 is 0 Å². The van der Waals surface area contributed by atoms with Crippen LogP contribution in [0.25, 0.3) is 0 Å². The highest BCUT2D eigenvalue weighted by Crippen LogP contribution is 2.23. The first kappa shape index (κ1) is 12.6. The zero-order valence-electron chi connectivity index (χ0n) is 10.7. The maximum atomic E-state index is 9.80. The highest BCUT2D eigenvalue weighted by molar-refractivity contribution is 5.14. The van der Waals surface area contributed by atoms with Crippen LogP contribution in [0.3, 0.4) is 0 Å². The lowest BCUT2D eigenvalue weighted by atomic mass is 9.96. The minimum atomic E-state index is -0.133. The maximum absolute atomic E-state index is 9.80. The Morgan fingerprint density at radius 3 is 2.71 bits per heavy atom. The quantitative estimate of drug-likeness (QED) is 0.864. The lowest BCUT2D eigenvalue weighted by Gasteiger charge is -2.38. The van der Waals surface area contributed by atoms with Gasteiger partial charge in [0.1, 0.15) is 0 Å². The minimum absolute atomic E-state index is 0.133. The van der Waals surface area contributed by atoms with Crippen molar-refractivity contribution in [3.8, 4) is 0 Å².